The number of halogens is 4. The van der Waals surface area contributed by atoms with Crippen molar-refractivity contribution < 1.29 is 22.4 Å². The molecule has 4 aromatic rings. The van der Waals surface area contributed by atoms with Gasteiger partial charge in [-0.15, -0.1) is 0 Å². The van der Waals surface area contributed by atoms with Gasteiger partial charge in [0, 0.05) is 18.8 Å². The molecule has 0 saturated carbocycles. The number of rotatable bonds is 2. The standard InChI is InChI=1S/C22H18F4N6O/c1-10-28-9-18-20(27)30-15-8-13(23)12(7-17(15)32(10)18)21(33)31(2)16-5-4-14-11(16)3-6-19(29-14)22(24,25)26/h3,6-9,16H,4-5H2,1-2H3,(H2,27,30)/t16-/m1/s1. The molecule has 11 heteroatoms. The van der Waals surface area contributed by atoms with Gasteiger partial charge in [0.2, 0.25) is 0 Å². The third-order valence-electron chi connectivity index (χ3n) is 6.08. The second-order valence-electron chi connectivity index (χ2n) is 8.04. The van der Waals surface area contributed by atoms with Crippen molar-refractivity contribution in [2.45, 2.75) is 32.0 Å². The first-order chi connectivity index (χ1) is 15.6. The lowest BCUT2D eigenvalue weighted by molar-refractivity contribution is -0.141. The normalized spacial score (nSPS) is 15.9. The fourth-order valence-electron chi connectivity index (χ4n) is 4.44. The second-order valence-corrected chi connectivity index (χ2v) is 8.04. The summed E-state index contributed by atoms with van der Waals surface area (Å²) < 4.78 is 55.6. The maximum absolute atomic E-state index is 15.0. The summed E-state index contributed by atoms with van der Waals surface area (Å²) >= 11 is 0. The molecular formula is C22H18F4N6O. The number of hydrogen-bond donors (Lipinski definition) is 1. The molecule has 3 aromatic heterocycles. The van der Waals surface area contributed by atoms with Crippen LogP contribution >= 0.6 is 0 Å². The fraction of sp³-hybridized carbons (Fsp3) is 0.273. The molecule has 1 aromatic carbocycles. The molecule has 1 atom stereocenters. The van der Waals surface area contributed by atoms with Crippen molar-refractivity contribution in [3.8, 4) is 0 Å². The van der Waals surface area contributed by atoms with Crippen LogP contribution in [-0.2, 0) is 12.6 Å². The van der Waals surface area contributed by atoms with Crippen molar-refractivity contribution >= 4 is 28.3 Å². The summed E-state index contributed by atoms with van der Waals surface area (Å²) in [5.41, 5.74) is 6.90. The number of aromatic nitrogens is 4. The Kier molecular flexibility index (Phi) is 4.56. The van der Waals surface area contributed by atoms with E-state index in [1.165, 1.54) is 24.1 Å². The average molecular weight is 458 g/mol. The molecule has 2 N–H and O–H groups in total. The number of benzene rings is 1. The number of carbonyl (C=O) groups is 1. The maximum Gasteiger partial charge on any atom is 0.433 e. The second kappa shape index (κ2) is 7.12. The lowest BCUT2D eigenvalue weighted by Gasteiger charge is -2.26. The first kappa shape index (κ1) is 21.1. The van der Waals surface area contributed by atoms with Gasteiger partial charge in [0.25, 0.3) is 5.91 Å². The molecule has 170 valence electrons. The van der Waals surface area contributed by atoms with Gasteiger partial charge >= 0.3 is 6.18 Å². The summed E-state index contributed by atoms with van der Waals surface area (Å²) in [4.78, 5) is 26.8. The van der Waals surface area contributed by atoms with Gasteiger partial charge in [-0.25, -0.2) is 19.3 Å². The molecular weight excluding hydrogens is 440 g/mol. The van der Waals surface area contributed by atoms with Crippen molar-refractivity contribution in [2.24, 2.45) is 0 Å². The monoisotopic (exact) mass is 458 g/mol. The quantitative estimate of drug-likeness (QED) is 0.457. The SMILES string of the molecule is Cc1ncc2c(N)nc3cc(F)c(C(=O)N(C)[C@@H]4CCc5nc(C(F)(F)F)ccc54)cc3n12. The number of imidazole rings is 1. The number of nitrogens with zero attached hydrogens (tertiary/aromatic N) is 5. The van der Waals surface area contributed by atoms with Crippen LogP contribution in [0.2, 0.25) is 0 Å². The predicted octanol–water partition coefficient (Wildman–Crippen LogP) is 4.09. The molecule has 0 aliphatic heterocycles. The van der Waals surface area contributed by atoms with Gasteiger partial charge in [0.1, 0.15) is 28.7 Å². The third kappa shape index (κ3) is 3.26. The Bertz CT molecular complexity index is 1440. The van der Waals surface area contributed by atoms with E-state index >= 15 is 0 Å². The summed E-state index contributed by atoms with van der Waals surface area (Å²) in [6.45, 7) is 1.75. The Balaban J connectivity index is 1.55. The van der Waals surface area contributed by atoms with Crippen LogP contribution in [0.4, 0.5) is 23.4 Å². The third-order valence-corrected chi connectivity index (χ3v) is 6.08. The van der Waals surface area contributed by atoms with Crippen LogP contribution in [0.25, 0.3) is 16.6 Å². The van der Waals surface area contributed by atoms with E-state index in [9.17, 15) is 22.4 Å². The Morgan fingerprint density at radius 2 is 1.97 bits per heavy atom. The summed E-state index contributed by atoms with van der Waals surface area (Å²) in [5, 5.41) is 0. The number of hydrogen-bond acceptors (Lipinski definition) is 5. The van der Waals surface area contributed by atoms with Gasteiger partial charge in [-0.05, 0) is 37.5 Å². The largest absolute Gasteiger partial charge is 0.433 e. The number of nitrogens with two attached hydrogens (primary N) is 1. The number of pyridine rings is 1. The maximum atomic E-state index is 15.0. The highest BCUT2D eigenvalue weighted by Crippen LogP contribution is 2.38. The van der Waals surface area contributed by atoms with Gasteiger partial charge in [-0.1, -0.05) is 6.07 Å². The molecule has 0 spiro atoms. The minimum Gasteiger partial charge on any atom is -0.382 e. The average Bonchev–Trinajstić information content (AvgIpc) is 3.36. The zero-order chi connectivity index (χ0) is 23.7. The van der Waals surface area contributed by atoms with Crippen LogP contribution in [0.1, 0.15) is 45.6 Å². The number of aryl methyl sites for hydroxylation is 2. The van der Waals surface area contributed by atoms with E-state index in [2.05, 4.69) is 15.0 Å². The van der Waals surface area contributed by atoms with Crippen LogP contribution < -0.4 is 5.73 Å². The van der Waals surface area contributed by atoms with E-state index in [0.717, 1.165) is 12.1 Å². The van der Waals surface area contributed by atoms with Crippen molar-refractivity contribution in [3.63, 3.8) is 0 Å². The van der Waals surface area contributed by atoms with Crippen LogP contribution in [0.5, 0.6) is 0 Å². The van der Waals surface area contributed by atoms with Gasteiger partial charge in [0.05, 0.1) is 28.8 Å². The fourth-order valence-corrected chi connectivity index (χ4v) is 4.44. The van der Waals surface area contributed by atoms with Gasteiger partial charge in [0.15, 0.2) is 0 Å². The molecule has 1 aliphatic rings. The van der Waals surface area contributed by atoms with E-state index < -0.39 is 29.6 Å². The van der Waals surface area contributed by atoms with Crippen LogP contribution in [0, 0.1) is 12.7 Å². The summed E-state index contributed by atoms with van der Waals surface area (Å²) in [5.74, 6) is -0.590. The minimum absolute atomic E-state index is 0.181. The molecule has 33 heavy (non-hydrogen) atoms. The molecule has 7 nitrogen and oxygen atoms in total. The van der Waals surface area contributed by atoms with Crippen molar-refractivity contribution in [1.82, 2.24) is 24.3 Å². The number of alkyl halides is 3. The van der Waals surface area contributed by atoms with Gasteiger partial charge in [-0.2, -0.15) is 13.2 Å². The predicted molar refractivity (Wildman–Crippen MR) is 112 cm³/mol. The molecule has 3 heterocycles. The molecule has 0 radical (unpaired) electrons. The Morgan fingerprint density at radius 3 is 2.70 bits per heavy atom. The van der Waals surface area contributed by atoms with E-state index in [1.807, 2.05) is 0 Å². The Morgan fingerprint density at radius 1 is 1.21 bits per heavy atom. The number of nitrogen functional groups attached to an aromatic ring is 1. The number of fused-ring (bicyclic) bond motifs is 4. The molecule has 0 fully saturated rings. The van der Waals surface area contributed by atoms with Crippen LogP contribution in [-0.4, -0.2) is 37.2 Å². The highest BCUT2D eigenvalue weighted by Gasteiger charge is 2.36. The topological polar surface area (TPSA) is 89.4 Å². The van der Waals surface area contributed by atoms with E-state index in [0.29, 0.717) is 41.0 Å². The van der Waals surface area contributed by atoms with Crippen molar-refractivity contribution in [1.29, 1.82) is 0 Å². The summed E-state index contributed by atoms with van der Waals surface area (Å²) in [6, 6.07) is 4.27. The van der Waals surface area contributed by atoms with Crippen LogP contribution in [0.3, 0.4) is 0 Å². The van der Waals surface area contributed by atoms with Crippen molar-refractivity contribution in [2.75, 3.05) is 12.8 Å². The highest BCUT2D eigenvalue weighted by atomic mass is 19.4. The highest BCUT2D eigenvalue weighted by molar-refractivity contribution is 5.98. The lowest BCUT2D eigenvalue weighted by Crippen LogP contribution is -2.31. The van der Waals surface area contributed by atoms with Crippen LogP contribution in [0.15, 0.2) is 30.5 Å². The number of anilines is 1. The summed E-state index contributed by atoms with van der Waals surface area (Å²) in [7, 11) is 1.50. The molecule has 1 amide bonds. The number of amides is 1. The zero-order valence-corrected chi connectivity index (χ0v) is 17.6. The van der Waals surface area contributed by atoms with E-state index in [4.69, 9.17) is 5.73 Å². The smallest absolute Gasteiger partial charge is 0.382 e. The molecule has 0 saturated heterocycles. The number of carbonyl (C=O) groups excluding carboxylic acids is 1. The first-order valence-electron chi connectivity index (χ1n) is 10.1. The lowest BCUT2D eigenvalue weighted by atomic mass is 10.1. The molecule has 1 aliphatic carbocycles. The van der Waals surface area contributed by atoms with E-state index in [1.54, 1.807) is 17.5 Å². The molecule has 0 bridgehead atoms. The minimum atomic E-state index is -4.54. The molecule has 0 unspecified atom stereocenters. The zero-order valence-electron chi connectivity index (χ0n) is 17.6. The van der Waals surface area contributed by atoms with Gasteiger partial charge in [-0.3, -0.25) is 9.20 Å². The molecule has 5 rings (SSSR count). The van der Waals surface area contributed by atoms with Gasteiger partial charge < -0.3 is 10.6 Å². The summed E-state index contributed by atoms with van der Waals surface area (Å²) in [6.07, 6.45) is -2.31. The van der Waals surface area contributed by atoms with E-state index in [-0.39, 0.29) is 16.9 Å². The Hall–Kier alpha value is -3.76. The van der Waals surface area contributed by atoms with Crippen molar-refractivity contribution in [3.05, 3.63) is 64.6 Å². The Labute approximate surface area is 184 Å². The first-order valence-corrected chi connectivity index (χ1v) is 10.1.